The molecule has 2 rings (SSSR count). The molecule has 130 valence electrons. The summed E-state index contributed by atoms with van der Waals surface area (Å²) in [5.74, 6) is -16.0. The fourth-order valence-corrected chi connectivity index (χ4v) is 3.30. The standard InChI is InChI=1S/C13H4F8OS2/c1-24(22)13-9(20)7(18)12(8(19)10(13)21)23-11-5(16)3(14)2-4(15)6(11)17/h2H,1H3. The second kappa shape index (κ2) is 6.71. The highest BCUT2D eigenvalue weighted by Gasteiger charge is 2.30. The monoisotopic (exact) mass is 392 g/mol. The Morgan fingerprint density at radius 1 is 0.708 bits per heavy atom. The average Bonchev–Trinajstić information content (AvgIpc) is 2.50. The lowest BCUT2D eigenvalue weighted by Crippen LogP contribution is -2.07. The van der Waals surface area contributed by atoms with Crippen molar-refractivity contribution in [1.29, 1.82) is 0 Å². The molecule has 1 atom stereocenters. The fourth-order valence-electron chi connectivity index (χ4n) is 1.68. The molecule has 0 heterocycles. The van der Waals surface area contributed by atoms with Gasteiger partial charge in [-0.05, 0) is 0 Å². The lowest BCUT2D eigenvalue weighted by molar-refractivity contribution is 0.397. The number of benzene rings is 2. The second-order valence-corrected chi connectivity index (χ2v) is 6.60. The van der Waals surface area contributed by atoms with Gasteiger partial charge in [0, 0.05) is 12.3 Å². The van der Waals surface area contributed by atoms with Crippen LogP contribution in [-0.2, 0) is 10.8 Å². The quantitative estimate of drug-likeness (QED) is 0.557. The van der Waals surface area contributed by atoms with Gasteiger partial charge in [0.1, 0.15) is 4.90 Å². The lowest BCUT2D eigenvalue weighted by atomic mass is 10.3. The van der Waals surface area contributed by atoms with E-state index in [9.17, 15) is 39.3 Å². The smallest absolute Gasteiger partial charge is 0.179 e. The zero-order valence-electron chi connectivity index (χ0n) is 11.3. The number of rotatable bonds is 3. The second-order valence-electron chi connectivity index (χ2n) is 4.27. The average molecular weight is 392 g/mol. The molecule has 0 radical (unpaired) electrons. The Balaban J connectivity index is 2.71. The molecule has 0 aliphatic carbocycles. The first kappa shape index (κ1) is 18.7. The molecule has 11 heteroatoms. The zero-order valence-corrected chi connectivity index (χ0v) is 13.0. The van der Waals surface area contributed by atoms with Gasteiger partial charge in [-0.15, -0.1) is 0 Å². The van der Waals surface area contributed by atoms with Crippen molar-refractivity contribution in [2.45, 2.75) is 14.7 Å². The number of halogens is 8. The molecule has 1 nitrogen and oxygen atoms in total. The zero-order chi connectivity index (χ0) is 18.3. The van der Waals surface area contributed by atoms with Gasteiger partial charge in [0.05, 0.1) is 20.6 Å². The Hall–Kier alpha value is -1.62. The molecule has 0 spiro atoms. The van der Waals surface area contributed by atoms with Crippen molar-refractivity contribution in [3.05, 3.63) is 52.6 Å². The van der Waals surface area contributed by atoms with Crippen LogP contribution < -0.4 is 0 Å². The van der Waals surface area contributed by atoms with Crippen LogP contribution in [0.3, 0.4) is 0 Å². The molecule has 0 saturated carbocycles. The van der Waals surface area contributed by atoms with Crippen LogP contribution in [0, 0.1) is 46.5 Å². The van der Waals surface area contributed by atoms with E-state index in [1.807, 2.05) is 0 Å². The first-order valence-electron chi connectivity index (χ1n) is 5.78. The lowest BCUT2D eigenvalue weighted by Gasteiger charge is -2.11. The van der Waals surface area contributed by atoms with E-state index in [-0.39, 0.29) is 6.07 Å². The molecule has 0 saturated heterocycles. The molecule has 0 aliphatic rings. The van der Waals surface area contributed by atoms with Gasteiger partial charge in [0.2, 0.25) is 0 Å². The predicted molar refractivity (Wildman–Crippen MR) is 69.0 cm³/mol. The van der Waals surface area contributed by atoms with Gasteiger partial charge in [0.25, 0.3) is 0 Å². The minimum absolute atomic E-state index is 0.147. The van der Waals surface area contributed by atoms with E-state index in [0.717, 1.165) is 6.26 Å². The molecule has 0 fully saturated rings. The summed E-state index contributed by atoms with van der Waals surface area (Å²) in [6.07, 6.45) is 0.745. The van der Waals surface area contributed by atoms with Crippen molar-refractivity contribution in [1.82, 2.24) is 0 Å². The van der Waals surface area contributed by atoms with Gasteiger partial charge in [-0.1, -0.05) is 11.8 Å². The minimum atomic E-state index is -2.45. The molecular weight excluding hydrogens is 388 g/mol. The number of hydrogen-bond donors (Lipinski definition) is 0. The maximum atomic E-state index is 13.8. The molecule has 0 aromatic heterocycles. The van der Waals surface area contributed by atoms with Crippen molar-refractivity contribution >= 4 is 22.6 Å². The van der Waals surface area contributed by atoms with E-state index in [1.54, 1.807) is 0 Å². The summed E-state index contributed by atoms with van der Waals surface area (Å²) in [7, 11) is -2.45. The van der Waals surface area contributed by atoms with E-state index in [4.69, 9.17) is 0 Å². The van der Waals surface area contributed by atoms with Gasteiger partial charge in [-0.3, -0.25) is 4.21 Å². The highest BCUT2D eigenvalue weighted by atomic mass is 32.2. The summed E-state index contributed by atoms with van der Waals surface area (Å²) < 4.78 is 119. The van der Waals surface area contributed by atoms with Gasteiger partial charge >= 0.3 is 0 Å². The van der Waals surface area contributed by atoms with E-state index in [2.05, 4.69) is 0 Å². The molecule has 24 heavy (non-hydrogen) atoms. The first-order chi connectivity index (χ1) is 11.1. The van der Waals surface area contributed by atoms with Crippen LogP contribution >= 0.6 is 11.8 Å². The third kappa shape index (κ3) is 3.02. The topological polar surface area (TPSA) is 17.1 Å². The Kier molecular flexibility index (Phi) is 5.23. The van der Waals surface area contributed by atoms with Crippen LogP contribution in [0.2, 0.25) is 0 Å². The Morgan fingerprint density at radius 2 is 1.08 bits per heavy atom. The maximum absolute atomic E-state index is 13.8. The summed E-state index contributed by atoms with van der Waals surface area (Å²) in [4.78, 5) is -4.53. The van der Waals surface area contributed by atoms with Crippen LogP contribution in [0.25, 0.3) is 0 Å². The molecule has 0 aliphatic heterocycles. The molecule has 0 bridgehead atoms. The van der Waals surface area contributed by atoms with Gasteiger partial charge in [-0.25, -0.2) is 35.1 Å². The molecular formula is C13H4F8OS2. The molecule has 0 N–H and O–H groups in total. The van der Waals surface area contributed by atoms with Crippen LogP contribution in [0.15, 0.2) is 20.8 Å². The van der Waals surface area contributed by atoms with Crippen molar-refractivity contribution in [2.24, 2.45) is 0 Å². The number of hydrogen-bond acceptors (Lipinski definition) is 2. The van der Waals surface area contributed by atoms with E-state index in [0.29, 0.717) is 0 Å². The maximum Gasteiger partial charge on any atom is 0.179 e. The largest absolute Gasteiger partial charge is 0.254 e. The first-order valence-corrected chi connectivity index (χ1v) is 8.15. The highest BCUT2D eigenvalue weighted by molar-refractivity contribution is 7.99. The molecule has 0 amide bonds. The van der Waals surface area contributed by atoms with Crippen LogP contribution in [0.1, 0.15) is 0 Å². The summed E-state index contributed by atoms with van der Waals surface area (Å²) in [5, 5.41) is 0. The van der Waals surface area contributed by atoms with Crippen molar-refractivity contribution < 1.29 is 39.3 Å². The Morgan fingerprint density at radius 3 is 1.46 bits per heavy atom. The summed E-state index contributed by atoms with van der Waals surface area (Å²) in [5.41, 5.74) is 0. The third-order valence-electron chi connectivity index (χ3n) is 2.75. The van der Waals surface area contributed by atoms with Crippen molar-refractivity contribution in [2.75, 3.05) is 6.26 Å². The normalized spacial score (nSPS) is 12.5. The fraction of sp³-hybridized carbons (Fsp3) is 0.0769. The minimum Gasteiger partial charge on any atom is -0.254 e. The van der Waals surface area contributed by atoms with Gasteiger partial charge < -0.3 is 0 Å². The van der Waals surface area contributed by atoms with Crippen molar-refractivity contribution in [3.8, 4) is 0 Å². The summed E-state index contributed by atoms with van der Waals surface area (Å²) >= 11 is -0.588. The third-order valence-corrected chi connectivity index (χ3v) is 4.80. The Bertz CT molecular complexity index is 813. The summed E-state index contributed by atoms with van der Waals surface area (Å²) in [6, 6.07) is -0.147. The molecule has 1 unspecified atom stereocenters. The SMILES string of the molecule is CS(=O)c1c(F)c(F)c(Sc2c(F)c(F)cc(F)c2F)c(F)c1F. The van der Waals surface area contributed by atoms with Crippen molar-refractivity contribution in [3.63, 3.8) is 0 Å². The molecule has 2 aromatic rings. The van der Waals surface area contributed by atoms with Gasteiger partial charge in [-0.2, -0.15) is 0 Å². The van der Waals surface area contributed by atoms with Crippen LogP contribution in [0.5, 0.6) is 0 Å². The van der Waals surface area contributed by atoms with E-state index < -0.39 is 83.8 Å². The predicted octanol–water partition coefficient (Wildman–Crippen LogP) is 4.69. The van der Waals surface area contributed by atoms with Crippen LogP contribution in [-0.4, -0.2) is 10.5 Å². The van der Waals surface area contributed by atoms with Gasteiger partial charge in [0.15, 0.2) is 46.5 Å². The Labute approximate surface area is 136 Å². The van der Waals surface area contributed by atoms with E-state index >= 15 is 0 Å². The summed E-state index contributed by atoms with van der Waals surface area (Å²) in [6.45, 7) is 0. The van der Waals surface area contributed by atoms with E-state index in [1.165, 1.54) is 0 Å². The highest BCUT2D eigenvalue weighted by Crippen LogP contribution is 2.39. The molecule has 2 aromatic carbocycles. The van der Waals surface area contributed by atoms with Crippen LogP contribution in [0.4, 0.5) is 35.1 Å².